The fraction of sp³-hybridized carbons (Fsp3) is 0.375. The van der Waals surface area contributed by atoms with Gasteiger partial charge in [-0.15, -0.1) is 0 Å². The first-order valence-corrected chi connectivity index (χ1v) is 13.6. The van der Waals surface area contributed by atoms with Gasteiger partial charge in [-0.2, -0.15) is 0 Å². The number of carboxylic acids is 1. The third-order valence-electron chi connectivity index (χ3n) is 8.36. The molecule has 1 aliphatic heterocycles. The molecule has 6 rings (SSSR count). The van der Waals surface area contributed by atoms with Crippen LogP contribution in [0.5, 0.6) is 11.5 Å². The molecule has 0 saturated heterocycles. The smallest absolute Gasteiger partial charge is 0.326 e. The van der Waals surface area contributed by atoms with Crippen molar-refractivity contribution in [2.75, 3.05) is 7.11 Å². The molecule has 2 saturated carbocycles. The second kappa shape index (κ2) is 10.7. The van der Waals surface area contributed by atoms with Gasteiger partial charge >= 0.3 is 5.97 Å². The SMILES string of the molecule is COc1ccc2c(c1OCc1ccccc1)C[C@@H](C(=O)O)N(C(=O)[C@@H](O[C@H]1CCC3CC31)c1ccccc1)C2. The number of fused-ring (bicyclic) bond motifs is 2. The van der Waals surface area contributed by atoms with E-state index in [1.54, 1.807) is 7.11 Å². The Kier molecular flexibility index (Phi) is 7.00. The molecule has 3 aliphatic rings. The first-order chi connectivity index (χ1) is 19.0. The Hall–Kier alpha value is -3.84. The Morgan fingerprint density at radius 2 is 1.74 bits per heavy atom. The van der Waals surface area contributed by atoms with E-state index in [1.165, 1.54) is 4.90 Å². The summed E-state index contributed by atoms with van der Waals surface area (Å²) >= 11 is 0. The molecule has 39 heavy (non-hydrogen) atoms. The number of benzene rings is 3. The minimum absolute atomic E-state index is 0.0340. The molecule has 2 aliphatic carbocycles. The topological polar surface area (TPSA) is 85.3 Å². The molecule has 7 heteroatoms. The lowest BCUT2D eigenvalue weighted by Gasteiger charge is -2.38. The predicted octanol–water partition coefficient (Wildman–Crippen LogP) is 5.17. The molecule has 1 heterocycles. The van der Waals surface area contributed by atoms with Gasteiger partial charge in [0, 0.05) is 18.5 Å². The molecule has 7 nitrogen and oxygen atoms in total. The molecular formula is C32H33NO6. The Bertz CT molecular complexity index is 1340. The Morgan fingerprint density at radius 1 is 1.00 bits per heavy atom. The molecule has 0 bridgehead atoms. The maximum atomic E-state index is 14.1. The van der Waals surface area contributed by atoms with Crippen molar-refractivity contribution >= 4 is 11.9 Å². The van der Waals surface area contributed by atoms with Crippen molar-refractivity contribution in [1.82, 2.24) is 4.90 Å². The second-order valence-corrected chi connectivity index (χ2v) is 10.7. The number of methoxy groups -OCH3 is 1. The zero-order valence-electron chi connectivity index (χ0n) is 22.0. The minimum atomic E-state index is -1.05. The van der Waals surface area contributed by atoms with Gasteiger partial charge in [0.05, 0.1) is 13.2 Å². The number of aliphatic carboxylic acids is 1. The summed E-state index contributed by atoms with van der Waals surface area (Å²) in [5, 5.41) is 10.3. The summed E-state index contributed by atoms with van der Waals surface area (Å²) in [6, 6.07) is 21.9. The van der Waals surface area contributed by atoms with Crippen molar-refractivity contribution < 1.29 is 28.9 Å². The van der Waals surface area contributed by atoms with Crippen LogP contribution >= 0.6 is 0 Å². The lowest BCUT2D eigenvalue weighted by molar-refractivity contribution is -0.160. The van der Waals surface area contributed by atoms with Gasteiger partial charge in [0.25, 0.3) is 5.91 Å². The minimum Gasteiger partial charge on any atom is -0.493 e. The van der Waals surface area contributed by atoms with E-state index in [1.807, 2.05) is 72.8 Å². The predicted molar refractivity (Wildman–Crippen MR) is 144 cm³/mol. The van der Waals surface area contributed by atoms with Crippen molar-refractivity contribution in [2.45, 2.75) is 57.1 Å². The van der Waals surface area contributed by atoms with E-state index >= 15 is 0 Å². The van der Waals surface area contributed by atoms with E-state index in [2.05, 4.69) is 0 Å². The van der Waals surface area contributed by atoms with Gasteiger partial charge in [-0.3, -0.25) is 4.79 Å². The molecule has 5 atom stereocenters. The lowest BCUT2D eigenvalue weighted by atomic mass is 9.91. The molecule has 0 spiro atoms. The van der Waals surface area contributed by atoms with Gasteiger partial charge in [-0.05, 0) is 53.9 Å². The number of amides is 1. The summed E-state index contributed by atoms with van der Waals surface area (Å²) in [5.74, 6) is 0.919. The highest BCUT2D eigenvalue weighted by atomic mass is 16.5. The van der Waals surface area contributed by atoms with Crippen molar-refractivity contribution in [2.24, 2.45) is 11.8 Å². The zero-order chi connectivity index (χ0) is 26.9. The van der Waals surface area contributed by atoms with Crippen LogP contribution in [0.2, 0.25) is 0 Å². The van der Waals surface area contributed by atoms with E-state index in [4.69, 9.17) is 14.2 Å². The fourth-order valence-corrected chi connectivity index (χ4v) is 6.17. The van der Waals surface area contributed by atoms with E-state index in [9.17, 15) is 14.7 Å². The molecule has 1 amide bonds. The third kappa shape index (κ3) is 5.11. The molecule has 1 N–H and O–H groups in total. The van der Waals surface area contributed by atoms with Crippen LogP contribution < -0.4 is 9.47 Å². The van der Waals surface area contributed by atoms with Crippen molar-refractivity contribution in [3.8, 4) is 11.5 Å². The van der Waals surface area contributed by atoms with E-state index in [-0.39, 0.29) is 25.0 Å². The van der Waals surface area contributed by atoms with Crippen molar-refractivity contribution in [3.63, 3.8) is 0 Å². The maximum absolute atomic E-state index is 14.1. The number of carboxylic acid groups (broad SMARTS) is 1. The average Bonchev–Trinajstić information content (AvgIpc) is 3.65. The number of hydrogen-bond donors (Lipinski definition) is 1. The van der Waals surface area contributed by atoms with Crippen LogP contribution in [0.1, 0.15) is 47.6 Å². The molecule has 2 fully saturated rings. The second-order valence-electron chi connectivity index (χ2n) is 10.7. The van der Waals surface area contributed by atoms with Crippen molar-refractivity contribution in [3.05, 3.63) is 95.1 Å². The monoisotopic (exact) mass is 527 g/mol. The molecule has 202 valence electrons. The number of ether oxygens (including phenoxy) is 3. The van der Waals surface area contributed by atoms with E-state index in [0.717, 1.165) is 41.5 Å². The first kappa shape index (κ1) is 25.4. The van der Waals surface area contributed by atoms with Gasteiger partial charge in [0.15, 0.2) is 17.6 Å². The summed E-state index contributed by atoms with van der Waals surface area (Å²) in [6.45, 7) is 0.474. The van der Waals surface area contributed by atoms with Gasteiger partial charge in [-0.1, -0.05) is 66.7 Å². The molecular weight excluding hydrogens is 494 g/mol. The van der Waals surface area contributed by atoms with E-state index in [0.29, 0.717) is 29.9 Å². The highest BCUT2D eigenvalue weighted by Crippen LogP contribution is 2.54. The summed E-state index contributed by atoms with van der Waals surface area (Å²) in [5.41, 5.74) is 3.35. The first-order valence-electron chi connectivity index (χ1n) is 13.6. The van der Waals surface area contributed by atoms with Crippen LogP contribution in [0, 0.1) is 11.8 Å². The van der Waals surface area contributed by atoms with Crippen molar-refractivity contribution in [1.29, 1.82) is 0 Å². The van der Waals surface area contributed by atoms with Gasteiger partial charge in [-0.25, -0.2) is 4.79 Å². The molecule has 2 unspecified atom stereocenters. The molecule has 0 radical (unpaired) electrons. The summed E-state index contributed by atoms with van der Waals surface area (Å²) < 4.78 is 18.3. The Morgan fingerprint density at radius 3 is 2.38 bits per heavy atom. The number of hydrogen-bond acceptors (Lipinski definition) is 5. The maximum Gasteiger partial charge on any atom is 0.326 e. The summed E-state index contributed by atoms with van der Waals surface area (Å²) in [6.07, 6.45) is 2.54. The summed E-state index contributed by atoms with van der Waals surface area (Å²) in [7, 11) is 1.57. The number of carbonyl (C=O) groups excluding carboxylic acids is 1. The van der Waals surface area contributed by atoms with Gasteiger partial charge < -0.3 is 24.2 Å². The Labute approximate surface area is 228 Å². The largest absolute Gasteiger partial charge is 0.493 e. The molecule has 3 aromatic rings. The number of nitrogens with zero attached hydrogens (tertiary/aromatic N) is 1. The molecule has 0 aromatic heterocycles. The highest BCUT2D eigenvalue weighted by molar-refractivity contribution is 5.88. The average molecular weight is 528 g/mol. The third-order valence-corrected chi connectivity index (χ3v) is 8.36. The normalized spacial score (nSPS) is 23.9. The van der Waals surface area contributed by atoms with Crippen LogP contribution in [0.15, 0.2) is 72.8 Å². The van der Waals surface area contributed by atoms with Gasteiger partial charge in [0.2, 0.25) is 0 Å². The lowest BCUT2D eigenvalue weighted by Crippen LogP contribution is -2.51. The fourth-order valence-electron chi connectivity index (χ4n) is 6.17. The van der Waals surface area contributed by atoms with Crippen LogP contribution in [0.3, 0.4) is 0 Å². The number of rotatable bonds is 9. The number of carbonyl (C=O) groups is 2. The van der Waals surface area contributed by atoms with Crippen LogP contribution in [0.4, 0.5) is 0 Å². The highest BCUT2D eigenvalue weighted by Gasteiger charge is 2.50. The van der Waals surface area contributed by atoms with E-state index < -0.39 is 18.1 Å². The van der Waals surface area contributed by atoms with Gasteiger partial charge in [0.1, 0.15) is 12.6 Å². The zero-order valence-corrected chi connectivity index (χ0v) is 22.0. The van der Waals surface area contributed by atoms with Crippen LogP contribution in [-0.2, 0) is 33.9 Å². The van der Waals surface area contributed by atoms with Crippen LogP contribution in [-0.4, -0.2) is 41.1 Å². The van der Waals surface area contributed by atoms with Crippen LogP contribution in [0.25, 0.3) is 0 Å². The molecule has 3 aromatic carbocycles. The standard InChI is InChI=1S/C32H33NO6/c1-37-28-15-13-23-18-33(26(32(35)36)17-25(23)30(28)38-19-20-8-4-2-5-9-20)31(34)29(21-10-6-3-7-11-21)39-27-14-12-22-16-24(22)27/h2-11,13,15,22,24,26-27,29H,12,14,16-19H2,1H3,(H,35,36)/t22?,24?,26-,27-,29-/m0/s1. The quantitative estimate of drug-likeness (QED) is 0.413. The Balaban J connectivity index is 1.31. The summed E-state index contributed by atoms with van der Waals surface area (Å²) in [4.78, 5) is 28.2.